The van der Waals surface area contributed by atoms with Gasteiger partial charge in [0.2, 0.25) is 4.77 Å². The number of aryl methyl sites for hydroxylation is 2. The minimum absolute atomic E-state index is 0.617. The van der Waals surface area contributed by atoms with Crippen LogP contribution >= 0.6 is 12.2 Å². The summed E-state index contributed by atoms with van der Waals surface area (Å²) in [6, 6.07) is 22.1. The molecule has 2 aromatic carbocycles. The first-order valence-electron chi connectivity index (χ1n) is 7.99. The molecule has 0 unspecified atom stereocenters. The van der Waals surface area contributed by atoms with Crippen molar-refractivity contribution in [2.24, 2.45) is 7.05 Å². The molecule has 0 aliphatic heterocycles. The molecule has 0 radical (unpaired) electrons. The summed E-state index contributed by atoms with van der Waals surface area (Å²) in [5.41, 5.74) is 2.93. The van der Waals surface area contributed by atoms with Crippen LogP contribution in [0.15, 0.2) is 66.7 Å². The fourth-order valence-electron chi connectivity index (χ4n) is 2.88. The van der Waals surface area contributed by atoms with Gasteiger partial charge in [0.1, 0.15) is 11.6 Å². The van der Waals surface area contributed by atoms with Crippen LogP contribution in [-0.2, 0) is 7.05 Å². The number of nitrogens with zero attached hydrogens (tertiary/aromatic N) is 5. The quantitative estimate of drug-likeness (QED) is 0.524. The van der Waals surface area contributed by atoms with Crippen molar-refractivity contribution in [1.82, 2.24) is 24.1 Å². The molecule has 0 saturated heterocycles. The van der Waals surface area contributed by atoms with E-state index in [1.807, 2.05) is 90.0 Å². The minimum Gasteiger partial charge on any atom is -0.255 e. The molecule has 2 heterocycles. The highest BCUT2D eigenvalue weighted by molar-refractivity contribution is 7.71. The van der Waals surface area contributed by atoms with Crippen molar-refractivity contribution >= 4 is 12.2 Å². The van der Waals surface area contributed by atoms with Crippen molar-refractivity contribution in [3.05, 3.63) is 77.3 Å². The normalized spacial score (nSPS) is 11.0. The lowest BCUT2D eigenvalue weighted by Gasteiger charge is -2.03. The SMILES string of the molecule is Cc1nn(-c2ccccc2)c(=S)n1-c1cc(-c2ccccc2)nn1C. The molecule has 0 aliphatic carbocycles. The maximum absolute atomic E-state index is 5.68. The van der Waals surface area contributed by atoms with E-state index in [4.69, 9.17) is 12.2 Å². The van der Waals surface area contributed by atoms with Crippen molar-refractivity contribution in [1.29, 1.82) is 0 Å². The molecule has 4 rings (SSSR count). The van der Waals surface area contributed by atoms with Gasteiger partial charge in [0.05, 0.1) is 11.4 Å². The van der Waals surface area contributed by atoms with E-state index in [0.29, 0.717) is 4.77 Å². The molecule has 0 bridgehead atoms. The summed E-state index contributed by atoms with van der Waals surface area (Å²) in [5.74, 6) is 1.71. The molecule has 0 N–H and O–H groups in total. The first kappa shape index (κ1) is 15.5. The maximum Gasteiger partial charge on any atom is 0.208 e. The average molecular weight is 347 g/mol. The van der Waals surface area contributed by atoms with Gasteiger partial charge in [0.25, 0.3) is 0 Å². The van der Waals surface area contributed by atoms with E-state index in [9.17, 15) is 0 Å². The third-order valence-corrected chi connectivity index (χ3v) is 4.45. The molecule has 0 fully saturated rings. The topological polar surface area (TPSA) is 40.6 Å². The van der Waals surface area contributed by atoms with Crippen LogP contribution in [0.2, 0.25) is 0 Å². The molecule has 25 heavy (non-hydrogen) atoms. The summed E-state index contributed by atoms with van der Waals surface area (Å²) in [6.07, 6.45) is 0. The van der Waals surface area contributed by atoms with Crippen LogP contribution in [0.5, 0.6) is 0 Å². The Labute approximate surface area is 150 Å². The van der Waals surface area contributed by atoms with Crippen LogP contribution in [0.1, 0.15) is 5.82 Å². The summed E-state index contributed by atoms with van der Waals surface area (Å²) in [4.78, 5) is 0. The summed E-state index contributed by atoms with van der Waals surface area (Å²) in [5, 5.41) is 9.25. The van der Waals surface area contributed by atoms with Gasteiger partial charge in [-0.2, -0.15) is 10.2 Å². The molecule has 0 atom stereocenters. The highest BCUT2D eigenvalue weighted by atomic mass is 32.1. The summed E-state index contributed by atoms with van der Waals surface area (Å²) < 4.78 is 6.18. The zero-order chi connectivity index (χ0) is 17.4. The largest absolute Gasteiger partial charge is 0.255 e. The van der Waals surface area contributed by atoms with E-state index in [1.54, 1.807) is 4.68 Å². The summed E-state index contributed by atoms with van der Waals surface area (Å²) >= 11 is 5.68. The molecule has 6 heteroatoms. The van der Waals surface area contributed by atoms with Crippen molar-refractivity contribution < 1.29 is 0 Å². The number of hydrogen-bond acceptors (Lipinski definition) is 3. The Kier molecular flexibility index (Phi) is 3.82. The Bertz CT molecular complexity index is 1070. The third-order valence-electron chi connectivity index (χ3n) is 4.10. The van der Waals surface area contributed by atoms with Crippen LogP contribution in [-0.4, -0.2) is 24.1 Å². The molecule has 4 aromatic rings. The van der Waals surface area contributed by atoms with Gasteiger partial charge in [-0.25, -0.2) is 4.68 Å². The lowest BCUT2D eigenvalue weighted by atomic mass is 10.2. The van der Waals surface area contributed by atoms with Crippen LogP contribution in [0, 0.1) is 11.7 Å². The van der Waals surface area contributed by atoms with Gasteiger partial charge in [-0.15, -0.1) is 0 Å². The van der Waals surface area contributed by atoms with Gasteiger partial charge in [-0.1, -0.05) is 48.5 Å². The van der Waals surface area contributed by atoms with Crippen molar-refractivity contribution in [3.63, 3.8) is 0 Å². The second kappa shape index (κ2) is 6.14. The summed E-state index contributed by atoms with van der Waals surface area (Å²) in [6.45, 7) is 1.95. The molecule has 124 valence electrons. The molecule has 0 spiro atoms. The molecule has 0 amide bonds. The second-order valence-corrected chi connectivity index (χ2v) is 6.16. The first-order chi connectivity index (χ1) is 12.1. The summed E-state index contributed by atoms with van der Waals surface area (Å²) in [7, 11) is 1.92. The van der Waals surface area contributed by atoms with Gasteiger partial charge < -0.3 is 0 Å². The molecule has 2 aromatic heterocycles. The fraction of sp³-hybridized carbons (Fsp3) is 0.105. The number of benzene rings is 2. The highest BCUT2D eigenvalue weighted by Crippen LogP contribution is 2.22. The second-order valence-electron chi connectivity index (χ2n) is 5.79. The molecule has 0 aliphatic rings. The molecular formula is C19H17N5S. The van der Waals surface area contributed by atoms with Crippen molar-refractivity contribution in [2.45, 2.75) is 6.92 Å². The van der Waals surface area contributed by atoms with E-state index in [-0.39, 0.29) is 0 Å². The predicted molar refractivity (Wildman–Crippen MR) is 101 cm³/mol. The Morgan fingerprint density at radius 2 is 1.52 bits per heavy atom. The van der Waals surface area contributed by atoms with Gasteiger partial charge in [0, 0.05) is 18.7 Å². The number of para-hydroxylation sites is 1. The van der Waals surface area contributed by atoms with Gasteiger partial charge in [-0.05, 0) is 31.3 Å². The highest BCUT2D eigenvalue weighted by Gasteiger charge is 2.15. The Balaban J connectivity index is 1.85. The minimum atomic E-state index is 0.617. The smallest absolute Gasteiger partial charge is 0.208 e. The zero-order valence-corrected chi connectivity index (χ0v) is 14.8. The number of hydrogen-bond donors (Lipinski definition) is 0. The number of aromatic nitrogens is 5. The fourth-order valence-corrected chi connectivity index (χ4v) is 3.26. The Morgan fingerprint density at radius 3 is 2.20 bits per heavy atom. The van der Waals surface area contributed by atoms with Gasteiger partial charge in [-0.3, -0.25) is 9.25 Å². The van der Waals surface area contributed by atoms with Crippen molar-refractivity contribution in [2.75, 3.05) is 0 Å². The van der Waals surface area contributed by atoms with Crippen LogP contribution in [0.3, 0.4) is 0 Å². The average Bonchev–Trinajstić information content (AvgIpc) is 3.16. The van der Waals surface area contributed by atoms with Crippen molar-refractivity contribution in [3.8, 4) is 22.8 Å². The Hall–Kier alpha value is -2.99. The predicted octanol–water partition coefficient (Wildman–Crippen LogP) is 4.10. The monoisotopic (exact) mass is 347 g/mol. The maximum atomic E-state index is 5.68. The molecular weight excluding hydrogens is 330 g/mol. The van der Waals surface area contributed by atoms with E-state index in [0.717, 1.165) is 28.6 Å². The lowest BCUT2D eigenvalue weighted by molar-refractivity contribution is 0.720. The Morgan fingerprint density at radius 1 is 0.880 bits per heavy atom. The van der Waals surface area contributed by atoms with Crippen LogP contribution < -0.4 is 0 Å². The third kappa shape index (κ3) is 2.70. The first-order valence-corrected chi connectivity index (χ1v) is 8.40. The molecule has 5 nitrogen and oxygen atoms in total. The standard InChI is InChI=1S/C19H17N5S/c1-14-20-24(16-11-7-4-8-12-16)19(25)23(14)18-13-17(21-22(18)2)15-9-5-3-6-10-15/h3-13H,1-2H3. The van der Waals surface area contributed by atoms with E-state index in [2.05, 4.69) is 10.2 Å². The zero-order valence-electron chi connectivity index (χ0n) is 14.0. The van der Waals surface area contributed by atoms with E-state index < -0.39 is 0 Å². The van der Waals surface area contributed by atoms with E-state index >= 15 is 0 Å². The molecule has 0 saturated carbocycles. The van der Waals surface area contributed by atoms with Gasteiger partial charge in [0.15, 0.2) is 0 Å². The van der Waals surface area contributed by atoms with Gasteiger partial charge >= 0.3 is 0 Å². The lowest BCUT2D eigenvalue weighted by Crippen LogP contribution is -2.05. The van der Waals surface area contributed by atoms with Crippen LogP contribution in [0.4, 0.5) is 0 Å². The van der Waals surface area contributed by atoms with Crippen LogP contribution in [0.25, 0.3) is 22.8 Å². The van der Waals surface area contributed by atoms with E-state index in [1.165, 1.54) is 0 Å². The number of rotatable bonds is 3.